The molecule has 0 saturated carbocycles. The van der Waals surface area contributed by atoms with E-state index >= 15 is 0 Å². The van der Waals surface area contributed by atoms with Crippen molar-refractivity contribution in [3.63, 3.8) is 0 Å². The first kappa shape index (κ1) is 19.5. The van der Waals surface area contributed by atoms with Crippen molar-refractivity contribution in [1.82, 2.24) is 9.97 Å². The lowest BCUT2D eigenvalue weighted by molar-refractivity contribution is -0.387. The van der Waals surface area contributed by atoms with Gasteiger partial charge in [0.15, 0.2) is 5.16 Å². The Morgan fingerprint density at radius 1 is 1.25 bits per heavy atom. The Bertz CT molecular complexity index is 1050. The third kappa shape index (κ3) is 4.52. The third-order valence-corrected chi connectivity index (χ3v) is 4.53. The van der Waals surface area contributed by atoms with Gasteiger partial charge in [-0.2, -0.15) is 4.39 Å². The fourth-order valence-electron chi connectivity index (χ4n) is 2.48. The second-order valence-corrected chi connectivity index (χ2v) is 6.60. The van der Waals surface area contributed by atoms with Gasteiger partial charge in [0.25, 0.3) is 0 Å². The quantitative estimate of drug-likeness (QED) is 0.268. The molecular weight excluding hydrogens is 385 g/mol. The summed E-state index contributed by atoms with van der Waals surface area (Å²) >= 11 is 1.13. The topological polar surface area (TPSA) is 110 Å². The van der Waals surface area contributed by atoms with Crippen LogP contribution >= 0.6 is 11.8 Å². The monoisotopic (exact) mass is 401 g/mol. The molecule has 0 saturated heterocycles. The normalized spacial score (nSPS) is 10.6. The van der Waals surface area contributed by atoms with Gasteiger partial charge in [-0.05, 0) is 31.2 Å². The number of fused-ring (bicyclic) bond motifs is 1. The van der Waals surface area contributed by atoms with Gasteiger partial charge in [0.1, 0.15) is 5.82 Å². The van der Waals surface area contributed by atoms with Crippen LogP contribution in [0.2, 0.25) is 0 Å². The van der Waals surface area contributed by atoms with E-state index in [4.69, 9.17) is 0 Å². The number of hydrogen-bond donors (Lipinski definition) is 2. The summed E-state index contributed by atoms with van der Waals surface area (Å²) in [5, 5.41) is 17.8. The first-order chi connectivity index (χ1) is 13.5. The SMILES string of the molecule is CCNc1nc(SCC(=O)Nc2ccc(F)c([N+](=O)[O-])c2)nc2ccccc12. The predicted octanol–water partition coefficient (Wildman–Crippen LogP) is 3.84. The second kappa shape index (κ2) is 8.61. The van der Waals surface area contributed by atoms with E-state index in [1.165, 1.54) is 6.07 Å². The molecule has 0 fully saturated rings. The fraction of sp³-hybridized carbons (Fsp3) is 0.167. The van der Waals surface area contributed by atoms with Gasteiger partial charge in [0, 0.05) is 23.7 Å². The average Bonchev–Trinajstić information content (AvgIpc) is 2.68. The van der Waals surface area contributed by atoms with E-state index in [0.29, 0.717) is 17.5 Å². The number of thioether (sulfide) groups is 1. The molecule has 2 aromatic carbocycles. The fourth-order valence-corrected chi connectivity index (χ4v) is 3.13. The molecule has 10 heteroatoms. The lowest BCUT2D eigenvalue weighted by Crippen LogP contribution is -2.14. The van der Waals surface area contributed by atoms with Gasteiger partial charge >= 0.3 is 5.69 Å². The molecule has 144 valence electrons. The van der Waals surface area contributed by atoms with Crippen LogP contribution in [0, 0.1) is 15.9 Å². The number of nitro benzene ring substituents is 1. The van der Waals surface area contributed by atoms with Gasteiger partial charge < -0.3 is 10.6 Å². The maximum absolute atomic E-state index is 13.4. The number of halogens is 1. The van der Waals surface area contributed by atoms with Gasteiger partial charge in [0.2, 0.25) is 11.7 Å². The second-order valence-electron chi connectivity index (χ2n) is 5.66. The summed E-state index contributed by atoms with van der Waals surface area (Å²) in [5.41, 5.74) is 0.204. The molecular formula is C18H16FN5O3S. The minimum absolute atomic E-state index is 0.00488. The Hall–Kier alpha value is -3.27. The molecule has 0 unspecified atom stereocenters. The number of rotatable bonds is 7. The van der Waals surface area contributed by atoms with Gasteiger partial charge in [-0.3, -0.25) is 14.9 Å². The first-order valence-corrected chi connectivity index (χ1v) is 9.33. The standard InChI is InChI=1S/C18H16FN5O3S/c1-2-20-17-12-5-3-4-6-14(12)22-18(23-17)28-10-16(25)21-11-7-8-13(19)15(9-11)24(26)27/h3-9H,2,10H2,1H3,(H,21,25)(H,20,22,23). The smallest absolute Gasteiger partial charge is 0.306 e. The summed E-state index contributed by atoms with van der Waals surface area (Å²) in [6.45, 7) is 2.65. The van der Waals surface area contributed by atoms with Crippen LogP contribution in [-0.4, -0.2) is 33.1 Å². The van der Waals surface area contributed by atoms with Gasteiger partial charge in [-0.25, -0.2) is 9.97 Å². The molecule has 8 nitrogen and oxygen atoms in total. The molecule has 1 amide bonds. The highest BCUT2D eigenvalue weighted by Gasteiger charge is 2.16. The number of nitrogens with one attached hydrogen (secondary N) is 2. The minimum atomic E-state index is -0.960. The highest BCUT2D eigenvalue weighted by Crippen LogP contribution is 2.25. The molecule has 0 aliphatic rings. The summed E-state index contributed by atoms with van der Waals surface area (Å²) in [6, 6.07) is 10.7. The number of benzene rings is 2. The number of nitro groups is 1. The lowest BCUT2D eigenvalue weighted by atomic mass is 10.2. The molecule has 0 atom stereocenters. The average molecular weight is 401 g/mol. The number of anilines is 2. The van der Waals surface area contributed by atoms with Crippen LogP contribution in [0.5, 0.6) is 0 Å². The highest BCUT2D eigenvalue weighted by atomic mass is 32.2. The molecule has 0 bridgehead atoms. The molecule has 1 heterocycles. The van der Waals surface area contributed by atoms with E-state index in [2.05, 4.69) is 20.6 Å². The summed E-state index contributed by atoms with van der Waals surface area (Å²) in [6.07, 6.45) is 0. The predicted molar refractivity (Wildman–Crippen MR) is 106 cm³/mol. The number of nitrogens with zero attached hydrogens (tertiary/aromatic N) is 3. The molecule has 0 aliphatic heterocycles. The lowest BCUT2D eigenvalue weighted by Gasteiger charge is -2.09. The van der Waals surface area contributed by atoms with E-state index in [1.54, 1.807) is 0 Å². The van der Waals surface area contributed by atoms with E-state index in [9.17, 15) is 19.3 Å². The van der Waals surface area contributed by atoms with Crippen LogP contribution in [0.3, 0.4) is 0 Å². The summed E-state index contributed by atoms with van der Waals surface area (Å²) in [4.78, 5) is 31.0. The number of amides is 1. The Morgan fingerprint density at radius 2 is 2.04 bits per heavy atom. The largest absolute Gasteiger partial charge is 0.370 e. The van der Waals surface area contributed by atoms with Crippen molar-refractivity contribution in [2.75, 3.05) is 22.9 Å². The Morgan fingerprint density at radius 3 is 2.79 bits per heavy atom. The number of aromatic nitrogens is 2. The van der Waals surface area contributed by atoms with Crippen molar-refractivity contribution in [3.8, 4) is 0 Å². The van der Waals surface area contributed by atoms with Crippen LogP contribution in [-0.2, 0) is 4.79 Å². The third-order valence-electron chi connectivity index (χ3n) is 3.69. The Balaban J connectivity index is 1.71. The van der Waals surface area contributed by atoms with Crippen molar-refractivity contribution in [3.05, 3.63) is 58.4 Å². The van der Waals surface area contributed by atoms with E-state index in [-0.39, 0.29) is 11.4 Å². The Kier molecular flexibility index (Phi) is 5.99. The maximum Gasteiger partial charge on any atom is 0.306 e. The van der Waals surface area contributed by atoms with E-state index in [0.717, 1.165) is 34.8 Å². The molecule has 3 aromatic rings. The van der Waals surface area contributed by atoms with Gasteiger partial charge in [0.05, 0.1) is 16.2 Å². The van der Waals surface area contributed by atoms with E-state index < -0.39 is 22.3 Å². The summed E-state index contributed by atoms with van der Waals surface area (Å²) < 4.78 is 13.4. The molecule has 2 N–H and O–H groups in total. The molecule has 0 spiro atoms. The summed E-state index contributed by atoms with van der Waals surface area (Å²) in [7, 11) is 0. The number of carbonyl (C=O) groups excluding carboxylic acids is 1. The highest BCUT2D eigenvalue weighted by molar-refractivity contribution is 7.99. The zero-order valence-corrected chi connectivity index (χ0v) is 15.6. The molecule has 0 radical (unpaired) electrons. The zero-order valence-electron chi connectivity index (χ0n) is 14.8. The van der Waals surface area contributed by atoms with Crippen molar-refractivity contribution in [2.45, 2.75) is 12.1 Å². The number of para-hydroxylation sites is 1. The number of hydrogen-bond acceptors (Lipinski definition) is 7. The Labute approximate surface area is 163 Å². The minimum Gasteiger partial charge on any atom is -0.370 e. The molecule has 28 heavy (non-hydrogen) atoms. The van der Waals surface area contributed by atoms with E-state index in [1.807, 2.05) is 31.2 Å². The summed E-state index contributed by atoms with van der Waals surface area (Å²) in [5.74, 6) is -0.689. The maximum atomic E-state index is 13.4. The van der Waals surface area contributed by atoms with Crippen molar-refractivity contribution < 1.29 is 14.1 Å². The van der Waals surface area contributed by atoms with Crippen LogP contribution in [0.15, 0.2) is 47.6 Å². The van der Waals surface area contributed by atoms with Crippen LogP contribution in [0.25, 0.3) is 10.9 Å². The van der Waals surface area contributed by atoms with Gasteiger partial charge in [-0.1, -0.05) is 23.9 Å². The number of carbonyl (C=O) groups is 1. The van der Waals surface area contributed by atoms with Crippen molar-refractivity contribution in [2.24, 2.45) is 0 Å². The molecule has 1 aromatic heterocycles. The van der Waals surface area contributed by atoms with Crippen molar-refractivity contribution >= 4 is 45.8 Å². The first-order valence-electron chi connectivity index (χ1n) is 8.35. The van der Waals surface area contributed by atoms with Gasteiger partial charge in [-0.15, -0.1) is 0 Å². The molecule has 3 rings (SSSR count). The van der Waals surface area contributed by atoms with Crippen LogP contribution < -0.4 is 10.6 Å². The molecule has 0 aliphatic carbocycles. The van der Waals surface area contributed by atoms with Crippen LogP contribution in [0.4, 0.5) is 21.6 Å². The van der Waals surface area contributed by atoms with Crippen LogP contribution in [0.1, 0.15) is 6.92 Å². The zero-order chi connectivity index (χ0) is 20.1. The van der Waals surface area contributed by atoms with Crippen molar-refractivity contribution in [1.29, 1.82) is 0 Å².